The van der Waals surface area contributed by atoms with Crippen LogP contribution in [0.15, 0.2) is 182 Å². The van der Waals surface area contributed by atoms with E-state index in [2.05, 4.69) is 78.1 Å². The monoisotopic (exact) mass is 1520 g/mol. The lowest BCUT2D eigenvalue weighted by Gasteiger charge is -2.10. The molecule has 0 spiro atoms. The van der Waals surface area contributed by atoms with E-state index in [0.717, 1.165) is 27.8 Å². The number of nitrogens with zero attached hydrogens (tertiary/aromatic N) is 5. The van der Waals surface area contributed by atoms with E-state index in [4.69, 9.17) is 52.4 Å². The van der Waals surface area contributed by atoms with Crippen molar-refractivity contribution in [1.29, 1.82) is 0 Å². The van der Waals surface area contributed by atoms with E-state index in [9.17, 15) is 45.9 Å². The van der Waals surface area contributed by atoms with Crippen LogP contribution < -0.4 is 81.8 Å². The number of halogens is 5. The summed E-state index contributed by atoms with van der Waals surface area (Å²) in [6, 6.07) is 47.3. The van der Waals surface area contributed by atoms with Gasteiger partial charge in [-0.2, -0.15) is 0 Å². The Morgan fingerprint density at radius 3 is 0.527 bits per heavy atom. The molecule has 5 heterocycles. The molecule has 5 aromatic carbocycles. The van der Waals surface area contributed by atoms with Crippen molar-refractivity contribution in [3.8, 4) is 0 Å². The summed E-state index contributed by atoms with van der Waals surface area (Å²) in [5, 5.41) is 27.8. The van der Waals surface area contributed by atoms with Crippen LogP contribution in [0.1, 0.15) is 62.4 Å². The highest BCUT2D eigenvalue weighted by atomic mass is 19.1. The molecule has 10 rings (SSSR count). The third kappa shape index (κ3) is 31.3. The number of amides is 5. The lowest BCUT2D eigenvalue weighted by molar-refractivity contribution is 0.167. The van der Waals surface area contributed by atoms with Crippen molar-refractivity contribution in [3.05, 3.63) is 239 Å². The van der Waals surface area contributed by atoms with Crippen LogP contribution in [0.2, 0.25) is 0 Å². The zero-order chi connectivity index (χ0) is 79.7. The summed E-state index contributed by atoms with van der Waals surface area (Å²) in [4.78, 5) is 77.3. The van der Waals surface area contributed by atoms with Crippen LogP contribution in [-0.2, 0) is 56.4 Å². The van der Waals surface area contributed by atoms with Gasteiger partial charge in [-0.15, -0.1) is 0 Å². The lowest BCUT2D eigenvalue weighted by Crippen LogP contribution is -2.15. The third-order valence-corrected chi connectivity index (χ3v) is 14.1. The van der Waals surface area contributed by atoms with Gasteiger partial charge in [-0.3, -0.25) is 26.6 Å². The predicted molar refractivity (Wildman–Crippen MR) is 415 cm³/mol. The van der Waals surface area contributed by atoms with Gasteiger partial charge in [0.15, 0.2) is 0 Å². The van der Waals surface area contributed by atoms with Crippen molar-refractivity contribution in [2.45, 2.75) is 67.3 Å². The summed E-state index contributed by atoms with van der Waals surface area (Å²) in [5.41, 5.74) is 35.4. The van der Waals surface area contributed by atoms with Crippen LogP contribution in [0.25, 0.3) is 0 Å². The zero-order valence-electron chi connectivity index (χ0n) is 60.5. The van der Waals surface area contributed by atoms with Gasteiger partial charge in [-0.1, -0.05) is 60.7 Å². The fourth-order valence-electron chi connectivity index (χ4n) is 8.76. The number of anilines is 15. The van der Waals surface area contributed by atoms with Crippen LogP contribution >= 0.6 is 0 Å². The largest absolute Gasteiger partial charge is 0.450 e. The Bertz CT molecular complexity index is 3900. The van der Waals surface area contributed by atoms with E-state index in [0.29, 0.717) is 90.3 Å². The van der Waals surface area contributed by atoms with Crippen molar-refractivity contribution >= 4 is 117 Å². The molecule has 0 atom stereocenters. The quantitative estimate of drug-likeness (QED) is 0.0187. The first-order valence-electron chi connectivity index (χ1n) is 33.8. The summed E-state index contributed by atoms with van der Waals surface area (Å²) in [7, 11) is 0. The molecule has 5 aromatic heterocycles. The van der Waals surface area contributed by atoms with Crippen LogP contribution in [0.3, 0.4) is 0 Å². The van der Waals surface area contributed by atoms with Gasteiger partial charge in [0.2, 0.25) is 0 Å². The first-order chi connectivity index (χ1) is 52.9. The highest BCUT2D eigenvalue weighted by Crippen LogP contribution is 2.25. The van der Waals surface area contributed by atoms with Crippen molar-refractivity contribution in [3.63, 3.8) is 0 Å². The Morgan fingerprint density at radius 1 is 0.255 bits per heavy atom. The molecule has 0 unspecified atom stereocenters. The Morgan fingerprint density at radius 2 is 0.400 bits per heavy atom. The van der Waals surface area contributed by atoms with Gasteiger partial charge in [0.25, 0.3) is 0 Å². The average Bonchev–Trinajstić information content (AvgIpc) is 0.880. The van der Waals surface area contributed by atoms with Gasteiger partial charge in [0, 0.05) is 32.7 Å². The second kappa shape index (κ2) is 45.3. The number of hydrogen-bond donors (Lipinski definition) is 15. The van der Waals surface area contributed by atoms with Gasteiger partial charge in [-0.05, 0) is 184 Å². The maximum absolute atomic E-state index is 12.8. The molecule has 0 aliphatic rings. The molecule has 110 heavy (non-hydrogen) atoms. The lowest BCUT2D eigenvalue weighted by atomic mass is 10.2. The average molecular weight is 1520 g/mol. The second-order valence-corrected chi connectivity index (χ2v) is 22.3. The number of carbonyl (C=O) groups excluding carboxylic acids is 5. The van der Waals surface area contributed by atoms with E-state index in [1.54, 1.807) is 156 Å². The molecule has 0 saturated carbocycles. The van der Waals surface area contributed by atoms with Gasteiger partial charge < -0.3 is 78.9 Å². The number of nitrogens with one attached hydrogen (secondary N) is 10. The maximum atomic E-state index is 12.8. The number of nitrogens with two attached hydrogens (primary N) is 5. The SMILES string of the molecule is CCOC(=O)Nc1ccc(NCc2ccc(F)cc2)nc1N.CCOC(=O)Nc1ccc(NCc2ccc(F)cc2)nc1N.CCOC(=O)Nc1ccc(NCc2ccc(F)cc2)nc1N.CCOC(=O)Nc1ccc(NCc2ccc(F)cc2)nc1N.CCOC(=O)Nc1ccc(NCc2ccc(F)cc2)nc1N. The summed E-state index contributed by atoms with van der Waals surface area (Å²) < 4.78 is 87.9. The summed E-state index contributed by atoms with van der Waals surface area (Å²) in [5.74, 6) is 2.26. The molecule has 0 saturated heterocycles. The van der Waals surface area contributed by atoms with Gasteiger partial charge >= 0.3 is 30.5 Å². The number of carbonyl (C=O) groups is 5. The van der Waals surface area contributed by atoms with Crippen molar-refractivity contribution < 1.29 is 69.6 Å². The zero-order valence-corrected chi connectivity index (χ0v) is 60.5. The second-order valence-electron chi connectivity index (χ2n) is 22.3. The number of pyridine rings is 5. The minimum Gasteiger partial charge on any atom is -0.450 e. The number of hydrogen-bond acceptors (Lipinski definition) is 25. The van der Waals surface area contributed by atoms with E-state index in [1.165, 1.54) is 60.7 Å². The Labute approximate surface area is 630 Å². The Balaban J connectivity index is 0.000000215. The smallest absolute Gasteiger partial charge is 0.411 e. The van der Waals surface area contributed by atoms with Crippen LogP contribution in [-0.4, -0.2) is 88.4 Å². The first kappa shape index (κ1) is 84.8. The van der Waals surface area contributed by atoms with E-state index >= 15 is 0 Å². The van der Waals surface area contributed by atoms with Crippen LogP contribution in [0.4, 0.5) is 133 Å². The fourth-order valence-corrected chi connectivity index (χ4v) is 8.76. The van der Waals surface area contributed by atoms with E-state index < -0.39 is 30.5 Å². The fraction of sp³-hybridized carbons (Fsp3) is 0.200. The molecule has 35 heteroatoms. The van der Waals surface area contributed by atoms with Crippen LogP contribution in [0.5, 0.6) is 0 Å². The Hall–Kier alpha value is -14.2. The predicted octanol–water partition coefficient (Wildman–Crippen LogP) is 14.9. The molecule has 0 bridgehead atoms. The molecule has 30 nitrogen and oxygen atoms in total. The van der Waals surface area contributed by atoms with Gasteiger partial charge in [0.05, 0.1) is 61.5 Å². The molecule has 10 aromatic rings. The number of ether oxygens (including phenoxy) is 5. The van der Waals surface area contributed by atoms with E-state index in [-0.39, 0.29) is 91.2 Å². The molecule has 580 valence electrons. The number of benzene rings is 5. The number of nitrogen functional groups attached to an aromatic ring is 5. The molecule has 20 N–H and O–H groups in total. The summed E-state index contributed by atoms with van der Waals surface area (Å²) in [6.45, 7) is 12.3. The number of aromatic nitrogens is 5. The van der Waals surface area contributed by atoms with Gasteiger partial charge in [0.1, 0.15) is 87.3 Å². The molecule has 0 aliphatic heterocycles. The van der Waals surface area contributed by atoms with Crippen molar-refractivity contribution in [1.82, 2.24) is 24.9 Å². The van der Waals surface area contributed by atoms with E-state index in [1.807, 2.05) is 0 Å². The summed E-state index contributed by atoms with van der Waals surface area (Å²) in [6.07, 6.45) is -2.90. The Kier molecular flexibility index (Phi) is 34.9. The van der Waals surface area contributed by atoms with Crippen molar-refractivity contribution in [2.24, 2.45) is 0 Å². The molecule has 5 amide bonds. The molecule has 0 fully saturated rings. The highest BCUT2D eigenvalue weighted by molar-refractivity contribution is 5.91. The molecule has 0 radical (unpaired) electrons. The minimum atomic E-state index is -0.581. The molecular weight excluding hydrogens is 1440 g/mol. The van der Waals surface area contributed by atoms with Crippen LogP contribution in [0, 0.1) is 29.1 Å². The standard InChI is InChI=1S/5C15H17FN4O2/c5*1-2-22-15(21)19-12-7-8-13(20-14(12)17)18-9-10-3-5-11(16)6-4-10/h5*3-8H,2,9H2,1H3,(H,19,21)(H3,17,18,20). The van der Waals surface area contributed by atoms with Gasteiger partial charge in [-0.25, -0.2) is 70.8 Å². The normalized spacial score (nSPS) is 10.1. The molecular formula is C75H85F5N20O10. The maximum Gasteiger partial charge on any atom is 0.411 e. The van der Waals surface area contributed by atoms with Crippen molar-refractivity contribution in [2.75, 3.05) is 115 Å². The first-order valence-corrected chi connectivity index (χ1v) is 33.8. The summed E-state index contributed by atoms with van der Waals surface area (Å²) >= 11 is 0. The third-order valence-electron chi connectivity index (χ3n) is 14.1. The topological polar surface area (TPSA) is 446 Å². The number of rotatable bonds is 25. The minimum absolute atomic E-state index is 0.178. The highest BCUT2D eigenvalue weighted by Gasteiger charge is 2.14. The molecule has 0 aliphatic carbocycles.